The summed E-state index contributed by atoms with van der Waals surface area (Å²) < 4.78 is 10.4. The first-order valence-corrected chi connectivity index (χ1v) is 6.38. The van der Waals surface area contributed by atoms with Crippen LogP contribution < -0.4 is 0 Å². The Hall–Kier alpha value is 0.310. The highest BCUT2D eigenvalue weighted by Crippen LogP contribution is 2.29. The number of morpholine rings is 1. The van der Waals surface area contributed by atoms with Gasteiger partial charge in [0.05, 0.1) is 13.2 Å². The fourth-order valence-corrected chi connectivity index (χ4v) is 2.82. The van der Waals surface area contributed by atoms with E-state index < -0.39 is 0 Å². The molecule has 0 N–H and O–H groups in total. The smallest absolute Gasteiger partial charge is 0.0597 e. The molecule has 1 fully saturated rings. The van der Waals surface area contributed by atoms with Gasteiger partial charge in [-0.15, -0.1) is 0 Å². The molecule has 3 nitrogen and oxygen atoms in total. The van der Waals surface area contributed by atoms with Gasteiger partial charge in [0.1, 0.15) is 0 Å². The Morgan fingerprint density at radius 3 is 2.00 bits per heavy atom. The van der Waals surface area contributed by atoms with Crippen molar-refractivity contribution in [2.75, 3.05) is 26.3 Å². The number of hydrogen-bond donors (Lipinski definition) is 0. The van der Waals surface area contributed by atoms with Crippen molar-refractivity contribution < 1.29 is 4.74 Å². The average Bonchev–Trinajstić information content (AvgIpc) is 2.15. The third kappa shape index (κ3) is 3.82. The predicted molar refractivity (Wildman–Crippen MR) is 62.8 cm³/mol. The summed E-state index contributed by atoms with van der Waals surface area (Å²) >= 11 is 0. The maximum Gasteiger partial charge on any atom is 0.0597 e. The molecule has 0 radical (unpaired) electrons. The molecule has 1 atom stereocenters. The topological polar surface area (TPSA) is 15.7 Å². The molecule has 0 aromatic carbocycles. The zero-order valence-electron chi connectivity index (χ0n) is 9.79. The molecule has 1 aliphatic rings. The molecule has 0 saturated carbocycles. The Morgan fingerprint density at radius 2 is 1.57 bits per heavy atom. The van der Waals surface area contributed by atoms with Crippen LogP contribution in [0.1, 0.15) is 27.7 Å². The van der Waals surface area contributed by atoms with Gasteiger partial charge in [0.2, 0.25) is 0 Å². The summed E-state index contributed by atoms with van der Waals surface area (Å²) in [5.41, 5.74) is 0. The van der Waals surface area contributed by atoms with Crippen molar-refractivity contribution in [3.63, 3.8) is 0 Å². The molecule has 0 aliphatic carbocycles. The molecule has 0 aromatic heterocycles. The fourth-order valence-electron chi connectivity index (χ4n) is 1.65. The molecule has 1 aliphatic heterocycles. The Morgan fingerprint density at radius 1 is 1.07 bits per heavy atom. The summed E-state index contributed by atoms with van der Waals surface area (Å²) in [4.78, 5) is 0. The van der Waals surface area contributed by atoms with Gasteiger partial charge in [-0.25, -0.2) is 0 Å². The van der Waals surface area contributed by atoms with E-state index in [0.717, 1.165) is 35.2 Å². The van der Waals surface area contributed by atoms with Gasteiger partial charge in [0, 0.05) is 34.1 Å². The maximum atomic E-state index is 5.35. The lowest BCUT2D eigenvalue weighted by Crippen LogP contribution is -2.37. The van der Waals surface area contributed by atoms with Crippen molar-refractivity contribution >= 4 is 8.88 Å². The van der Waals surface area contributed by atoms with Gasteiger partial charge in [0.25, 0.3) is 0 Å². The Kier molecular flexibility index (Phi) is 5.32. The lowest BCUT2D eigenvalue weighted by molar-refractivity contribution is 0.0729. The summed E-state index contributed by atoms with van der Waals surface area (Å²) in [5, 5.41) is 0. The minimum atomic E-state index is 0.635. The first-order valence-electron chi connectivity index (χ1n) is 5.48. The van der Waals surface area contributed by atoms with E-state index >= 15 is 0 Å². The fraction of sp³-hybridized carbons (Fsp3) is 1.00. The van der Waals surface area contributed by atoms with Gasteiger partial charge >= 0.3 is 0 Å². The molecule has 14 heavy (non-hydrogen) atoms. The number of rotatable bonds is 4. The summed E-state index contributed by atoms with van der Waals surface area (Å²) in [7, 11) is 0.820. The molecule has 4 heteroatoms. The Labute approximate surface area is 89.7 Å². The summed E-state index contributed by atoms with van der Waals surface area (Å²) in [5.74, 6) is 0. The van der Waals surface area contributed by atoms with Crippen molar-refractivity contribution in [1.29, 1.82) is 0 Å². The van der Waals surface area contributed by atoms with E-state index in [9.17, 15) is 0 Å². The molecular formula is C10H23N2OP. The number of hydrogen-bond acceptors (Lipinski definition) is 3. The van der Waals surface area contributed by atoms with E-state index in [-0.39, 0.29) is 0 Å². The first-order chi connectivity index (χ1) is 6.61. The van der Waals surface area contributed by atoms with Crippen molar-refractivity contribution in [3.05, 3.63) is 0 Å². The molecule has 0 aromatic rings. The van der Waals surface area contributed by atoms with E-state index in [4.69, 9.17) is 4.74 Å². The van der Waals surface area contributed by atoms with Crippen LogP contribution in [0.3, 0.4) is 0 Å². The van der Waals surface area contributed by atoms with Crippen molar-refractivity contribution in [2.24, 2.45) is 0 Å². The average molecular weight is 218 g/mol. The molecular weight excluding hydrogens is 195 g/mol. The Bertz CT molecular complexity index is 150. The lowest BCUT2D eigenvalue weighted by Gasteiger charge is -2.36. The van der Waals surface area contributed by atoms with E-state index in [1.165, 1.54) is 0 Å². The van der Waals surface area contributed by atoms with Crippen molar-refractivity contribution in [3.8, 4) is 0 Å². The highest BCUT2D eigenvalue weighted by molar-refractivity contribution is 7.32. The first kappa shape index (κ1) is 12.4. The molecule has 0 amide bonds. The molecule has 1 rings (SSSR count). The van der Waals surface area contributed by atoms with Crippen LogP contribution in [0.2, 0.25) is 0 Å². The van der Waals surface area contributed by atoms with Gasteiger partial charge in [0.15, 0.2) is 0 Å². The van der Waals surface area contributed by atoms with Gasteiger partial charge in [-0.1, -0.05) is 0 Å². The predicted octanol–water partition coefficient (Wildman–Crippen LogP) is 1.95. The minimum Gasteiger partial charge on any atom is -0.379 e. The Balaban J connectivity index is 2.37. The number of nitrogens with zero attached hydrogens (tertiary/aromatic N) is 2. The van der Waals surface area contributed by atoms with Crippen LogP contribution >= 0.6 is 8.88 Å². The quantitative estimate of drug-likeness (QED) is 0.671. The van der Waals surface area contributed by atoms with Crippen molar-refractivity contribution in [1.82, 2.24) is 9.34 Å². The van der Waals surface area contributed by atoms with E-state index in [0.29, 0.717) is 12.1 Å². The maximum absolute atomic E-state index is 5.35. The number of ether oxygens (including phenoxy) is 1. The summed E-state index contributed by atoms with van der Waals surface area (Å²) in [6.45, 7) is 13.1. The van der Waals surface area contributed by atoms with Crippen molar-refractivity contribution in [2.45, 2.75) is 39.8 Å². The van der Waals surface area contributed by atoms with Crippen LogP contribution in [0, 0.1) is 0 Å². The summed E-state index contributed by atoms with van der Waals surface area (Å²) in [6.07, 6.45) is 0. The normalized spacial score (nSPS) is 20.8. The van der Waals surface area contributed by atoms with Crippen LogP contribution in [0.5, 0.6) is 0 Å². The monoisotopic (exact) mass is 218 g/mol. The molecule has 0 spiro atoms. The lowest BCUT2D eigenvalue weighted by atomic mass is 10.3. The van der Waals surface area contributed by atoms with Crippen LogP contribution in [0.4, 0.5) is 0 Å². The largest absolute Gasteiger partial charge is 0.379 e. The third-order valence-electron chi connectivity index (χ3n) is 2.38. The molecule has 1 saturated heterocycles. The molecule has 1 unspecified atom stereocenters. The van der Waals surface area contributed by atoms with Gasteiger partial charge in [-0.2, -0.15) is 0 Å². The van der Waals surface area contributed by atoms with E-state index in [2.05, 4.69) is 37.0 Å². The second kappa shape index (κ2) is 6.02. The van der Waals surface area contributed by atoms with Crippen LogP contribution in [-0.2, 0) is 4.74 Å². The highest BCUT2D eigenvalue weighted by atomic mass is 31.1. The highest BCUT2D eigenvalue weighted by Gasteiger charge is 2.18. The van der Waals surface area contributed by atoms with Crippen LogP contribution in [0.15, 0.2) is 0 Å². The third-order valence-corrected chi connectivity index (χ3v) is 4.37. The van der Waals surface area contributed by atoms with E-state index in [1.54, 1.807) is 0 Å². The summed E-state index contributed by atoms with van der Waals surface area (Å²) in [6, 6.07) is 1.27. The SMILES string of the molecule is CC(C)N(PN1CCOCC1)C(C)C. The van der Waals surface area contributed by atoms with Crippen LogP contribution in [-0.4, -0.2) is 47.7 Å². The second-order valence-corrected chi connectivity index (χ2v) is 5.64. The zero-order chi connectivity index (χ0) is 10.6. The molecule has 0 bridgehead atoms. The van der Waals surface area contributed by atoms with Gasteiger partial charge < -0.3 is 4.74 Å². The standard InChI is InChI=1S/C10H23N2OP/c1-9(2)12(10(3)4)14-11-5-7-13-8-6-11/h9-10,14H,5-8H2,1-4H3. The minimum absolute atomic E-state index is 0.635. The van der Waals surface area contributed by atoms with Gasteiger partial charge in [-0.05, 0) is 27.7 Å². The molecule has 84 valence electrons. The zero-order valence-corrected chi connectivity index (χ0v) is 10.8. The molecule has 1 heterocycles. The van der Waals surface area contributed by atoms with Crippen LogP contribution in [0.25, 0.3) is 0 Å². The second-order valence-electron chi connectivity index (χ2n) is 4.29. The van der Waals surface area contributed by atoms with E-state index in [1.807, 2.05) is 0 Å². The van der Waals surface area contributed by atoms with Gasteiger partial charge in [-0.3, -0.25) is 9.34 Å².